The molecule has 0 heterocycles. The van der Waals surface area contributed by atoms with Crippen LogP contribution < -0.4 is 21.3 Å². The zero-order valence-corrected chi connectivity index (χ0v) is 10.0. The van der Waals surface area contributed by atoms with Crippen molar-refractivity contribution in [3.8, 4) is 0 Å². The van der Waals surface area contributed by atoms with Gasteiger partial charge in [-0.1, -0.05) is 0 Å². The Labute approximate surface area is 99.7 Å². The van der Waals surface area contributed by atoms with Gasteiger partial charge in [0.2, 0.25) is 11.8 Å². The third kappa shape index (κ3) is 5.30. The summed E-state index contributed by atoms with van der Waals surface area (Å²) in [5.41, 5.74) is 0. The maximum Gasteiger partial charge on any atom is 0.321 e. The molecule has 1 aliphatic rings. The van der Waals surface area contributed by atoms with E-state index in [1.807, 2.05) is 0 Å². The molecule has 7 nitrogen and oxygen atoms in total. The van der Waals surface area contributed by atoms with Crippen LogP contribution in [0.5, 0.6) is 0 Å². The van der Waals surface area contributed by atoms with Gasteiger partial charge in [0, 0.05) is 13.1 Å². The summed E-state index contributed by atoms with van der Waals surface area (Å²) >= 11 is 0. The third-order valence-corrected chi connectivity index (χ3v) is 2.37. The highest BCUT2D eigenvalue weighted by atomic mass is 16.2. The highest BCUT2D eigenvalue weighted by Crippen LogP contribution is 2.18. The molecule has 0 bridgehead atoms. The molecule has 4 N–H and O–H groups in total. The number of hydrogen-bond donors (Lipinski definition) is 4. The molecule has 0 spiro atoms. The van der Waals surface area contributed by atoms with Crippen molar-refractivity contribution in [2.45, 2.75) is 31.8 Å². The Balaban J connectivity index is 2.18. The van der Waals surface area contributed by atoms with E-state index in [0.717, 1.165) is 12.8 Å². The van der Waals surface area contributed by atoms with Crippen molar-refractivity contribution in [2.75, 3.05) is 13.6 Å². The lowest BCUT2D eigenvalue weighted by Crippen LogP contribution is -2.49. The first kappa shape index (κ1) is 13.4. The van der Waals surface area contributed by atoms with Gasteiger partial charge >= 0.3 is 6.03 Å². The normalized spacial score (nSPS) is 15.9. The molecule has 0 radical (unpaired) electrons. The summed E-state index contributed by atoms with van der Waals surface area (Å²) in [6.07, 6.45) is 2.05. The fourth-order valence-corrected chi connectivity index (χ4v) is 1.13. The number of amides is 4. The Bertz CT molecular complexity index is 315. The smallest absolute Gasteiger partial charge is 0.321 e. The van der Waals surface area contributed by atoms with Crippen LogP contribution >= 0.6 is 0 Å². The number of nitrogens with one attached hydrogen (secondary N) is 4. The number of hydrogen-bond acceptors (Lipinski definition) is 4. The fraction of sp³-hybridized carbons (Fsp3) is 0.700. The van der Waals surface area contributed by atoms with Gasteiger partial charge < -0.3 is 10.6 Å². The molecule has 1 aliphatic carbocycles. The molecule has 17 heavy (non-hydrogen) atoms. The molecule has 1 unspecified atom stereocenters. The molecule has 0 saturated heterocycles. The Kier molecular flexibility index (Phi) is 4.89. The summed E-state index contributed by atoms with van der Waals surface area (Å²) in [5.74, 6) is -0.601. The van der Waals surface area contributed by atoms with Crippen LogP contribution in [0.4, 0.5) is 4.79 Å². The molecule has 0 aromatic heterocycles. The third-order valence-electron chi connectivity index (χ3n) is 2.37. The fourth-order valence-electron chi connectivity index (χ4n) is 1.13. The minimum absolute atomic E-state index is 0.0683. The van der Waals surface area contributed by atoms with E-state index in [1.165, 1.54) is 7.05 Å². The van der Waals surface area contributed by atoms with Crippen LogP contribution in [0.25, 0.3) is 0 Å². The van der Waals surface area contributed by atoms with E-state index < -0.39 is 18.0 Å². The van der Waals surface area contributed by atoms with Crippen LogP contribution in [-0.4, -0.2) is 43.5 Å². The van der Waals surface area contributed by atoms with Gasteiger partial charge in [0.05, 0.1) is 12.6 Å². The van der Waals surface area contributed by atoms with Gasteiger partial charge in [-0.15, -0.1) is 0 Å². The number of carbonyl (C=O) groups is 3. The van der Waals surface area contributed by atoms with E-state index in [2.05, 4.69) is 21.3 Å². The van der Waals surface area contributed by atoms with Crippen LogP contribution in [-0.2, 0) is 9.59 Å². The molecule has 1 atom stereocenters. The molecule has 96 valence electrons. The number of urea groups is 1. The minimum Gasteiger partial charge on any atom is -0.352 e. The van der Waals surface area contributed by atoms with E-state index in [1.54, 1.807) is 6.92 Å². The van der Waals surface area contributed by atoms with Crippen LogP contribution in [0, 0.1) is 0 Å². The average Bonchev–Trinajstić information content (AvgIpc) is 3.09. The molecular formula is C10H18N4O3. The van der Waals surface area contributed by atoms with Crippen LogP contribution in [0.2, 0.25) is 0 Å². The zero-order chi connectivity index (χ0) is 12.8. The molecule has 0 aromatic carbocycles. The van der Waals surface area contributed by atoms with Gasteiger partial charge in [-0.3, -0.25) is 20.2 Å². The first-order valence-electron chi connectivity index (χ1n) is 5.58. The van der Waals surface area contributed by atoms with Crippen molar-refractivity contribution < 1.29 is 14.4 Å². The molecule has 1 fully saturated rings. The van der Waals surface area contributed by atoms with E-state index in [-0.39, 0.29) is 12.5 Å². The number of rotatable bonds is 5. The maximum absolute atomic E-state index is 11.4. The van der Waals surface area contributed by atoms with Crippen molar-refractivity contribution in [3.05, 3.63) is 0 Å². The summed E-state index contributed by atoms with van der Waals surface area (Å²) in [6, 6.07) is -0.859. The average molecular weight is 242 g/mol. The van der Waals surface area contributed by atoms with Gasteiger partial charge in [-0.25, -0.2) is 4.79 Å². The Morgan fingerprint density at radius 3 is 2.47 bits per heavy atom. The summed E-state index contributed by atoms with van der Waals surface area (Å²) in [7, 11) is 1.42. The maximum atomic E-state index is 11.4. The standard InChI is InChI=1S/C10H18N4O3/c1-6(9(16)14-10(17)11-2)12-5-8(15)13-7-3-4-7/h6-7,12H,3-5H2,1-2H3,(H,13,15)(H2,11,14,16,17). The van der Waals surface area contributed by atoms with Crippen LogP contribution in [0.3, 0.4) is 0 Å². The highest BCUT2D eigenvalue weighted by molar-refractivity contribution is 5.96. The largest absolute Gasteiger partial charge is 0.352 e. The summed E-state index contributed by atoms with van der Waals surface area (Å²) in [6.45, 7) is 1.65. The first-order valence-corrected chi connectivity index (χ1v) is 5.58. The summed E-state index contributed by atoms with van der Waals surface area (Å²) < 4.78 is 0. The summed E-state index contributed by atoms with van der Waals surface area (Å²) in [5, 5.41) is 9.92. The Hall–Kier alpha value is -1.63. The monoisotopic (exact) mass is 242 g/mol. The van der Waals surface area contributed by atoms with Crippen molar-refractivity contribution >= 4 is 17.8 Å². The Morgan fingerprint density at radius 2 is 1.94 bits per heavy atom. The molecule has 7 heteroatoms. The summed E-state index contributed by atoms with van der Waals surface area (Å²) in [4.78, 5) is 33.6. The first-order chi connectivity index (χ1) is 8.02. The van der Waals surface area contributed by atoms with Crippen molar-refractivity contribution in [1.82, 2.24) is 21.3 Å². The van der Waals surface area contributed by atoms with Gasteiger partial charge in [-0.05, 0) is 19.8 Å². The van der Waals surface area contributed by atoms with Gasteiger partial charge in [0.1, 0.15) is 0 Å². The van der Waals surface area contributed by atoms with Crippen LogP contribution in [0.15, 0.2) is 0 Å². The van der Waals surface area contributed by atoms with E-state index in [0.29, 0.717) is 6.04 Å². The van der Waals surface area contributed by atoms with Crippen molar-refractivity contribution in [2.24, 2.45) is 0 Å². The van der Waals surface area contributed by atoms with Gasteiger partial charge in [-0.2, -0.15) is 0 Å². The molecule has 1 saturated carbocycles. The molecule has 1 rings (SSSR count). The Morgan fingerprint density at radius 1 is 1.29 bits per heavy atom. The predicted molar refractivity (Wildman–Crippen MR) is 61.2 cm³/mol. The lowest BCUT2D eigenvalue weighted by molar-refractivity contribution is -0.122. The second-order valence-corrected chi connectivity index (χ2v) is 4.01. The molecule has 0 aliphatic heterocycles. The zero-order valence-electron chi connectivity index (χ0n) is 10.0. The number of carbonyl (C=O) groups excluding carboxylic acids is 3. The molecular weight excluding hydrogens is 224 g/mol. The van der Waals surface area contributed by atoms with Gasteiger partial charge in [0.25, 0.3) is 0 Å². The molecule has 0 aromatic rings. The topological polar surface area (TPSA) is 99.3 Å². The van der Waals surface area contributed by atoms with E-state index in [9.17, 15) is 14.4 Å². The predicted octanol–water partition coefficient (Wildman–Crippen LogP) is -1.30. The van der Waals surface area contributed by atoms with E-state index >= 15 is 0 Å². The minimum atomic E-state index is -0.600. The van der Waals surface area contributed by atoms with Crippen molar-refractivity contribution in [3.63, 3.8) is 0 Å². The lowest BCUT2D eigenvalue weighted by atomic mass is 10.3. The second-order valence-electron chi connectivity index (χ2n) is 4.01. The highest BCUT2D eigenvalue weighted by Gasteiger charge is 2.23. The van der Waals surface area contributed by atoms with Crippen LogP contribution in [0.1, 0.15) is 19.8 Å². The van der Waals surface area contributed by atoms with E-state index in [4.69, 9.17) is 0 Å². The SMILES string of the molecule is CNC(=O)NC(=O)C(C)NCC(=O)NC1CC1. The quantitative estimate of drug-likeness (QED) is 0.481. The second kappa shape index (κ2) is 6.19. The molecule has 4 amide bonds. The van der Waals surface area contributed by atoms with Crippen molar-refractivity contribution in [1.29, 1.82) is 0 Å². The number of imide groups is 1. The lowest BCUT2D eigenvalue weighted by Gasteiger charge is -2.12. The van der Waals surface area contributed by atoms with Gasteiger partial charge in [0.15, 0.2) is 0 Å².